The summed E-state index contributed by atoms with van der Waals surface area (Å²) in [5.41, 5.74) is 0.946. The Labute approximate surface area is 196 Å². The number of carbonyl (C=O) groups is 1. The number of rotatable bonds is 8. The number of carbonyl (C=O) groups excluding carboxylic acids is 1. The Morgan fingerprint density at radius 1 is 0.912 bits per heavy atom. The summed E-state index contributed by atoms with van der Waals surface area (Å²) in [7, 11) is 4.49. The number of imidazole rings is 1. The first-order chi connectivity index (χ1) is 16.5. The molecule has 0 atom stereocenters. The van der Waals surface area contributed by atoms with E-state index < -0.39 is 0 Å². The van der Waals surface area contributed by atoms with E-state index in [-0.39, 0.29) is 5.91 Å². The van der Waals surface area contributed by atoms with Crippen molar-refractivity contribution in [2.24, 2.45) is 0 Å². The summed E-state index contributed by atoms with van der Waals surface area (Å²) in [6.07, 6.45) is 3.51. The second-order valence-corrected chi connectivity index (χ2v) is 7.07. The molecule has 2 aromatic heterocycles. The quantitative estimate of drug-likeness (QED) is 0.419. The van der Waals surface area contributed by atoms with Gasteiger partial charge in [-0.25, -0.2) is 4.98 Å². The number of amides is 1. The highest BCUT2D eigenvalue weighted by Gasteiger charge is 2.17. The average molecular weight is 461 g/mol. The number of nitrogens with one attached hydrogen (secondary N) is 1. The molecule has 0 saturated carbocycles. The van der Waals surface area contributed by atoms with Gasteiger partial charge in [0.05, 0.1) is 21.3 Å². The largest absolute Gasteiger partial charge is 0.493 e. The molecule has 0 fully saturated rings. The maximum Gasteiger partial charge on any atom is 0.255 e. The molecule has 0 aliphatic rings. The Morgan fingerprint density at radius 2 is 1.62 bits per heavy atom. The molecule has 4 rings (SSSR count). The van der Waals surface area contributed by atoms with E-state index in [9.17, 15) is 4.79 Å². The number of aryl methyl sites for hydroxylation is 1. The molecule has 10 heteroatoms. The van der Waals surface area contributed by atoms with Gasteiger partial charge < -0.3 is 24.3 Å². The van der Waals surface area contributed by atoms with Crippen LogP contribution in [-0.2, 0) is 0 Å². The average Bonchev–Trinajstić information content (AvgIpc) is 3.30. The van der Waals surface area contributed by atoms with Crippen LogP contribution in [0.15, 0.2) is 60.9 Å². The summed E-state index contributed by atoms with van der Waals surface area (Å²) in [4.78, 5) is 16.9. The predicted molar refractivity (Wildman–Crippen MR) is 124 cm³/mol. The van der Waals surface area contributed by atoms with Gasteiger partial charge in [-0.05, 0) is 49.4 Å². The first kappa shape index (κ1) is 22.6. The van der Waals surface area contributed by atoms with Crippen LogP contribution in [0, 0.1) is 6.92 Å². The Balaban J connectivity index is 1.43. The number of ether oxygens (including phenoxy) is 4. The van der Waals surface area contributed by atoms with Crippen LogP contribution in [-0.4, -0.2) is 47.0 Å². The Bertz CT molecular complexity index is 1260. The summed E-state index contributed by atoms with van der Waals surface area (Å²) in [6.45, 7) is 1.88. The van der Waals surface area contributed by atoms with Gasteiger partial charge in [-0.2, -0.15) is 0 Å². The minimum absolute atomic E-state index is 0.329. The van der Waals surface area contributed by atoms with Crippen LogP contribution in [0.3, 0.4) is 0 Å². The van der Waals surface area contributed by atoms with E-state index in [1.807, 2.05) is 17.7 Å². The third-order valence-corrected chi connectivity index (χ3v) is 4.96. The van der Waals surface area contributed by atoms with E-state index in [1.165, 1.54) is 21.3 Å². The predicted octanol–water partition coefficient (Wildman–Crippen LogP) is 4.04. The van der Waals surface area contributed by atoms with Crippen molar-refractivity contribution in [1.82, 2.24) is 19.7 Å². The summed E-state index contributed by atoms with van der Waals surface area (Å²) in [5.74, 6) is 3.22. The third kappa shape index (κ3) is 4.75. The smallest absolute Gasteiger partial charge is 0.255 e. The van der Waals surface area contributed by atoms with Crippen LogP contribution in [0.4, 0.5) is 5.69 Å². The van der Waals surface area contributed by atoms with Gasteiger partial charge in [0.1, 0.15) is 11.6 Å². The molecule has 0 radical (unpaired) electrons. The van der Waals surface area contributed by atoms with Gasteiger partial charge in [-0.3, -0.25) is 9.36 Å². The van der Waals surface area contributed by atoms with Gasteiger partial charge in [-0.15, -0.1) is 10.2 Å². The van der Waals surface area contributed by atoms with Gasteiger partial charge in [0.25, 0.3) is 5.91 Å². The lowest BCUT2D eigenvalue weighted by Gasteiger charge is -2.14. The molecule has 0 aliphatic carbocycles. The van der Waals surface area contributed by atoms with E-state index >= 15 is 0 Å². The molecule has 0 bridgehead atoms. The lowest BCUT2D eigenvalue weighted by molar-refractivity contribution is 0.102. The molecule has 1 amide bonds. The normalized spacial score (nSPS) is 10.5. The summed E-state index contributed by atoms with van der Waals surface area (Å²) < 4.78 is 23.5. The minimum atomic E-state index is -0.329. The van der Waals surface area contributed by atoms with Crippen LogP contribution in [0.1, 0.15) is 16.2 Å². The highest BCUT2D eigenvalue weighted by atomic mass is 16.5. The summed E-state index contributed by atoms with van der Waals surface area (Å²) in [6, 6.07) is 13.6. The van der Waals surface area contributed by atoms with Crippen molar-refractivity contribution in [3.05, 3.63) is 72.3 Å². The van der Waals surface area contributed by atoms with Crippen molar-refractivity contribution in [2.75, 3.05) is 26.6 Å². The van der Waals surface area contributed by atoms with E-state index in [2.05, 4.69) is 20.5 Å². The first-order valence-corrected chi connectivity index (χ1v) is 10.3. The summed E-state index contributed by atoms with van der Waals surface area (Å²) in [5, 5.41) is 11.1. The topological polar surface area (TPSA) is 110 Å². The molecule has 0 saturated heterocycles. The van der Waals surface area contributed by atoms with Gasteiger partial charge in [0, 0.05) is 29.7 Å². The molecular weight excluding hydrogens is 438 g/mol. The zero-order valence-corrected chi connectivity index (χ0v) is 19.1. The number of benzene rings is 2. The number of methoxy groups -OCH3 is 3. The molecule has 10 nitrogen and oxygen atoms in total. The van der Waals surface area contributed by atoms with Crippen LogP contribution >= 0.6 is 0 Å². The van der Waals surface area contributed by atoms with E-state index in [0.29, 0.717) is 45.9 Å². The molecule has 0 spiro atoms. The number of anilines is 1. The number of hydrogen-bond acceptors (Lipinski definition) is 8. The van der Waals surface area contributed by atoms with E-state index in [0.717, 1.165) is 5.82 Å². The lowest BCUT2D eigenvalue weighted by atomic mass is 10.1. The van der Waals surface area contributed by atoms with Crippen molar-refractivity contribution in [1.29, 1.82) is 0 Å². The Kier molecular flexibility index (Phi) is 6.58. The highest BCUT2D eigenvalue weighted by Crippen LogP contribution is 2.38. The molecular formula is C24H23N5O5. The summed E-state index contributed by atoms with van der Waals surface area (Å²) >= 11 is 0. The van der Waals surface area contributed by atoms with E-state index in [1.54, 1.807) is 54.7 Å². The fourth-order valence-electron chi connectivity index (χ4n) is 3.26. The third-order valence-electron chi connectivity index (χ3n) is 4.96. The van der Waals surface area contributed by atoms with Crippen molar-refractivity contribution >= 4 is 11.6 Å². The monoisotopic (exact) mass is 461 g/mol. The fraction of sp³-hybridized carbons (Fsp3) is 0.167. The van der Waals surface area contributed by atoms with Crippen LogP contribution < -0.4 is 24.3 Å². The zero-order valence-electron chi connectivity index (χ0n) is 19.1. The van der Waals surface area contributed by atoms with Gasteiger partial charge in [-0.1, -0.05) is 0 Å². The maximum absolute atomic E-state index is 12.8. The van der Waals surface area contributed by atoms with Crippen molar-refractivity contribution in [3.63, 3.8) is 0 Å². The second-order valence-electron chi connectivity index (χ2n) is 7.07. The molecule has 2 heterocycles. The van der Waals surface area contributed by atoms with Crippen molar-refractivity contribution < 1.29 is 23.7 Å². The van der Waals surface area contributed by atoms with Gasteiger partial charge >= 0.3 is 0 Å². The minimum Gasteiger partial charge on any atom is -0.493 e. The number of hydrogen-bond donors (Lipinski definition) is 1. The standard InChI is InChI=1S/C24H23N5O5/c1-15-25-11-12-29(15)21-9-10-22(28-27-21)34-18-7-5-17(6-8-18)26-24(30)16-13-19(31-2)23(33-4)20(14-16)32-3/h5-14H,1-4H3,(H,26,30). The molecule has 2 aromatic carbocycles. The molecule has 0 aliphatic heterocycles. The molecule has 1 N–H and O–H groups in total. The van der Waals surface area contributed by atoms with Crippen molar-refractivity contribution in [2.45, 2.75) is 6.92 Å². The van der Waals surface area contributed by atoms with Gasteiger partial charge in [0.2, 0.25) is 11.6 Å². The SMILES string of the molecule is COc1cc(C(=O)Nc2ccc(Oc3ccc(-n4ccnc4C)nn3)cc2)cc(OC)c1OC. The van der Waals surface area contributed by atoms with E-state index in [4.69, 9.17) is 18.9 Å². The van der Waals surface area contributed by atoms with Crippen LogP contribution in [0.2, 0.25) is 0 Å². The maximum atomic E-state index is 12.8. The van der Waals surface area contributed by atoms with Crippen LogP contribution in [0.5, 0.6) is 28.9 Å². The lowest BCUT2D eigenvalue weighted by Crippen LogP contribution is -2.12. The number of nitrogens with zero attached hydrogens (tertiary/aromatic N) is 4. The second kappa shape index (κ2) is 9.90. The Morgan fingerprint density at radius 3 is 2.15 bits per heavy atom. The molecule has 4 aromatic rings. The first-order valence-electron chi connectivity index (χ1n) is 10.3. The molecule has 174 valence electrons. The van der Waals surface area contributed by atoms with Gasteiger partial charge in [0.15, 0.2) is 17.3 Å². The molecule has 34 heavy (non-hydrogen) atoms. The number of aromatic nitrogens is 4. The molecule has 0 unspecified atom stereocenters. The Hall–Kier alpha value is -4.60. The fourth-order valence-corrected chi connectivity index (χ4v) is 3.26. The van der Waals surface area contributed by atoms with Crippen molar-refractivity contribution in [3.8, 4) is 34.7 Å². The zero-order chi connectivity index (χ0) is 24.1. The van der Waals surface area contributed by atoms with Crippen LogP contribution in [0.25, 0.3) is 5.82 Å². The highest BCUT2D eigenvalue weighted by molar-refractivity contribution is 6.05.